The zero-order valence-electron chi connectivity index (χ0n) is 11.1. The summed E-state index contributed by atoms with van der Waals surface area (Å²) in [6.07, 6.45) is 0. The molecule has 0 unspecified atom stereocenters. The van der Waals surface area contributed by atoms with Crippen molar-refractivity contribution < 1.29 is 13.5 Å². The van der Waals surface area contributed by atoms with E-state index in [4.69, 9.17) is 16.3 Å². The van der Waals surface area contributed by atoms with E-state index in [1.807, 2.05) is 0 Å². The predicted octanol–water partition coefficient (Wildman–Crippen LogP) is 4.01. The number of methoxy groups -OCH3 is 1. The van der Waals surface area contributed by atoms with Gasteiger partial charge in [0.25, 0.3) is 0 Å². The van der Waals surface area contributed by atoms with Crippen LogP contribution in [-0.2, 0) is 6.54 Å². The fourth-order valence-electron chi connectivity index (χ4n) is 2.00. The summed E-state index contributed by atoms with van der Waals surface area (Å²) in [5, 5.41) is 3.51. The molecule has 0 radical (unpaired) electrons. The van der Waals surface area contributed by atoms with Gasteiger partial charge in [-0.3, -0.25) is 0 Å². The second kappa shape index (κ2) is 6.20. The van der Waals surface area contributed by atoms with Crippen LogP contribution in [0.1, 0.15) is 5.56 Å². The van der Waals surface area contributed by atoms with Crippen molar-refractivity contribution in [2.24, 2.45) is 0 Å². The Hall–Kier alpha value is -1.65. The van der Waals surface area contributed by atoms with Crippen molar-refractivity contribution in [1.29, 1.82) is 0 Å². The van der Waals surface area contributed by atoms with Crippen molar-refractivity contribution in [3.63, 3.8) is 0 Å². The molecule has 0 bridgehead atoms. The molecular formula is C15H14ClF2NO. The Morgan fingerprint density at radius 2 is 1.80 bits per heavy atom. The van der Waals surface area contributed by atoms with Crippen LogP contribution in [0.15, 0.2) is 30.3 Å². The second-order valence-electron chi connectivity index (χ2n) is 4.30. The first-order valence-electron chi connectivity index (χ1n) is 6.03. The number of hydrogen-bond acceptors (Lipinski definition) is 2. The van der Waals surface area contributed by atoms with Crippen molar-refractivity contribution >= 4 is 11.6 Å². The summed E-state index contributed by atoms with van der Waals surface area (Å²) in [6.45, 7) is 0.520. The van der Waals surface area contributed by atoms with Crippen LogP contribution in [0.2, 0.25) is 5.02 Å². The second-order valence-corrected chi connectivity index (χ2v) is 4.71. The smallest absolute Gasteiger partial charge is 0.137 e. The van der Waals surface area contributed by atoms with Crippen LogP contribution < -0.4 is 10.1 Å². The lowest BCUT2D eigenvalue weighted by atomic mass is 10.0. The maximum Gasteiger partial charge on any atom is 0.137 e. The van der Waals surface area contributed by atoms with Gasteiger partial charge >= 0.3 is 0 Å². The van der Waals surface area contributed by atoms with Crippen LogP contribution in [0.4, 0.5) is 8.78 Å². The van der Waals surface area contributed by atoms with E-state index in [0.717, 1.165) is 17.7 Å². The highest BCUT2D eigenvalue weighted by Gasteiger charge is 2.15. The van der Waals surface area contributed by atoms with Crippen molar-refractivity contribution in [3.8, 4) is 16.9 Å². The summed E-state index contributed by atoms with van der Waals surface area (Å²) >= 11 is 6.04. The third-order valence-electron chi connectivity index (χ3n) is 2.95. The van der Waals surface area contributed by atoms with Gasteiger partial charge in [-0.25, -0.2) is 8.78 Å². The average Bonchev–Trinajstić information content (AvgIpc) is 2.41. The van der Waals surface area contributed by atoms with E-state index in [2.05, 4.69) is 5.32 Å². The first-order valence-corrected chi connectivity index (χ1v) is 6.41. The van der Waals surface area contributed by atoms with Gasteiger partial charge in [0, 0.05) is 23.7 Å². The number of benzene rings is 2. The molecule has 0 aromatic heterocycles. The van der Waals surface area contributed by atoms with Gasteiger partial charge in [0.15, 0.2) is 0 Å². The van der Waals surface area contributed by atoms with E-state index in [1.54, 1.807) is 25.2 Å². The highest BCUT2D eigenvalue weighted by molar-refractivity contribution is 6.31. The van der Waals surface area contributed by atoms with E-state index in [-0.39, 0.29) is 11.3 Å². The normalized spacial score (nSPS) is 10.7. The van der Waals surface area contributed by atoms with E-state index in [9.17, 15) is 8.78 Å². The Balaban J connectivity index is 2.54. The van der Waals surface area contributed by atoms with Gasteiger partial charge in [0.05, 0.1) is 12.7 Å². The molecule has 106 valence electrons. The lowest BCUT2D eigenvalue weighted by Crippen LogP contribution is -2.05. The monoisotopic (exact) mass is 297 g/mol. The maximum absolute atomic E-state index is 14.0. The SMILES string of the molecule is CNCc1cc(-c2c(F)cc(OC)cc2F)ccc1Cl. The molecule has 2 aromatic rings. The quantitative estimate of drug-likeness (QED) is 0.920. The number of hydrogen-bond donors (Lipinski definition) is 1. The van der Waals surface area contributed by atoms with Crippen LogP contribution in [-0.4, -0.2) is 14.2 Å². The predicted molar refractivity (Wildman–Crippen MR) is 76.1 cm³/mol. The zero-order valence-corrected chi connectivity index (χ0v) is 11.9. The summed E-state index contributed by atoms with van der Waals surface area (Å²) in [5.74, 6) is -1.19. The molecule has 0 amide bonds. The first kappa shape index (κ1) is 14.8. The highest BCUT2D eigenvalue weighted by Crippen LogP contribution is 2.31. The highest BCUT2D eigenvalue weighted by atomic mass is 35.5. The number of halogens is 3. The largest absolute Gasteiger partial charge is 0.497 e. The standard InChI is InChI=1S/C15H14ClF2NO/c1-19-8-10-5-9(3-4-12(10)16)15-13(17)6-11(20-2)7-14(15)18/h3-7,19H,8H2,1-2H3. The molecule has 2 nitrogen and oxygen atoms in total. The van der Waals surface area contributed by atoms with Gasteiger partial charge in [-0.15, -0.1) is 0 Å². The van der Waals surface area contributed by atoms with Gasteiger partial charge in [-0.2, -0.15) is 0 Å². The molecule has 5 heteroatoms. The van der Waals surface area contributed by atoms with Crippen LogP contribution in [0.25, 0.3) is 11.1 Å². The fourth-order valence-corrected chi connectivity index (χ4v) is 2.18. The van der Waals surface area contributed by atoms with E-state index in [1.165, 1.54) is 7.11 Å². The number of ether oxygens (including phenoxy) is 1. The van der Waals surface area contributed by atoms with Crippen molar-refractivity contribution in [2.75, 3.05) is 14.2 Å². The summed E-state index contributed by atoms with van der Waals surface area (Å²) < 4.78 is 32.9. The fraction of sp³-hybridized carbons (Fsp3) is 0.200. The van der Waals surface area contributed by atoms with Gasteiger partial charge in [0.2, 0.25) is 0 Å². The van der Waals surface area contributed by atoms with Crippen LogP contribution in [0, 0.1) is 11.6 Å². The number of rotatable bonds is 4. The minimum absolute atomic E-state index is 0.0835. The van der Waals surface area contributed by atoms with E-state index in [0.29, 0.717) is 17.1 Å². The van der Waals surface area contributed by atoms with Crippen molar-refractivity contribution in [1.82, 2.24) is 5.32 Å². The topological polar surface area (TPSA) is 21.3 Å². The van der Waals surface area contributed by atoms with Crippen molar-refractivity contribution in [3.05, 3.63) is 52.6 Å². The Labute approximate surface area is 121 Å². The molecule has 0 saturated heterocycles. The third-order valence-corrected chi connectivity index (χ3v) is 3.32. The van der Waals surface area contributed by atoms with Gasteiger partial charge in [-0.1, -0.05) is 17.7 Å². The summed E-state index contributed by atoms with van der Waals surface area (Å²) in [7, 11) is 3.14. The molecule has 0 saturated carbocycles. The molecular weight excluding hydrogens is 284 g/mol. The Kier molecular flexibility index (Phi) is 4.57. The molecule has 0 aliphatic heterocycles. The molecule has 0 aliphatic rings. The van der Waals surface area contributed by atoms with Crippen LogP contribution in [0.3, 0.4) is 0 Å². The molecule has 0 aliphatic carbocycles. The Morgan fingerprint density at radius 1 is 1.15 bits per heavy atom. The van der Waals surface area contributed by atoms with Gasteiger partial charge in [0.1, 0.15) is 17.4 Å². The van der Waals surface area contributed by atoms with Gasteiger partial charge in [-0.05, 0) is 30.3 Å². The Morgan fingerprint density at radius 3 is 2.35 bits per heavy atom. The van der Waals surface area contributed by atoms with Gasteiger partial charge < -0.3 is 10.1 Å². The summed E-state index contributed by atoms with van der Waals surface area (Å²) in [4.78, 5) is 0. The lowest BCUT2D eigenvalue weighted by molar-refractivity contribution is 0.407. The maximum atomic E-state index is 14.0. The molecule has 1 N–H and O–H groups in total. The summed E-state index contributed by atoms with van der Waals surface area (Å²) in [6, 6.07) is 7.21. The molecule has 0 fully saturated rings. The minimum Gasteiger partial charge on any atom is -0.497 e. The average molecular weight is 298 g/mol. The van der Waals surface area contributed by atoms with E-state index < -0.39 is 11.6 Å². The molecule has 20 heavy (non-hydrogen) atoms. The van der Waals surface area contributed by atoms with E-state index >= 15 is 0 Å². The zero-order chi connectivity index (χ0) is 14.7. The molecule has 0 atom stereocenters. The number of nitrogens with one attached hydrogen (secondary N) is 1. The summed E-state index contributed by atoms with van der Waals surface area (Å²) in [5.41, 5.74) is 1.14. The van der Waals surface area contributed by atoms with Crippen LogP contribution >= 0.6 is 11.6 Å². The third kappa shape index (κ3) is 2.92. The minimum atomic E-state index is -0.667. The van der Waals surface area contributed by atoms with Crippen LogP contribution in [0.5, 0.6) is 5.75 Å². The molecule has 2 aromatic carbocycles. The molecule has 0 heterocycles. The first-order chi connectivity index (χ1) is 9.56. The molecule has 2 rings (SSSR count). The Bertz CT molecular complexity index is 608. The lowest BCUT2D eigenvalue weighted by Gasteiger charge is -2.10. The molecule has 0 spiro atoms. The van der Waals surface area contributed by atoms with Crippen molar-refractivity contribution in [2.45, 2.75) is 6.54 Å².